The molecule has 0 spiro atoms. The van der Waals surface area contributed by atoms with Crippen LogP contribution in [0, 0.1) is 6.92 Å². The maximum absolute atomic E-state index is 13.2. The molecule has 27 heavy (non-hydrogen) atoms. The number of hydrogen-bond acceptors (Lipinski definition) is 4. The first-order chi connectivity index (χ1) is 12.8. The van der Waals surface area contributed by atoms with Gasteiger partial charge in [-0.3, -0.25) is 4.79 Å². The Labute approximate surface area is 159 Å². The van der Waals surface area contributed by atoms with Gasteiger partial charge in [0.2, 0.25) is 0 Å². The fourth-order valence-electron chi connectivity index (χ4n) is 2.52. The molecular weight excluding hydrogens is 378 g/mol. The Morgan fingerprint density at radius 1 is 1.33 bits per heavy atom. The summed E-state index contributed by atoms with van der Waals surface area (Å²) in [7, 11) is 0. The molecule has 1 atom stereocenters. The molecule has 1 N–H and O–H groups in total. The van der Waals surface area contributed by atoms with Crippen LogP contribution < -0.4 is 10.1 Å². The van der Waals surface area contributed by atoms with Crippen molar-refractivity contribution < 1.29 is 18.3 Å². The van der Waals surface area contributed by atoms with Gasteiger partial charge in [0.15, 0.2) is 5.65 Å². The molecule has 0 aliphatic heterocycles. The number of rotatable bonds is 6. The number of carbonyl (C=O) groups excluding carboxylic acids is 1. The first-order valence-corrected chi connectivity index (χ1v) is 8.55. The van der Waals surface area contributed by atoms with Gasteiger partial charge in [0.05, 0.1) is 12.2 Å². The topological polar surface area (TPSA) is 68.5 Å². The zero-order valence-electron chi connectivity index (χ0n) is 14.6. The molecule has 1 amide bonds. The van der Waals surface area contributed by atoms with E-state index in [4.69, 9.17) is 16.3 Å². The van der Waals surface area contributed by atoms with Gasteiger partial charge in [0.25, 0.3) is 12.3 Å². The Balaban J connectivity index is 1.71. The van der Waals surface area contributed by atoms with Crippen LogP contribution in [0.3, 0.4) is 0 Å². The summed E-state index contributed by atoms with van der Waals surface area (Å²) < 4.78 is 32.9. The molecule has 0 fully saturated rings. The molecule has 1 unspecified atom stereocenters. The van der Waals surface area contributed by atoms with E-state index >= 15 is 0 Å². The number of halogens is 3. The van der Waals surface area contributed by atoms with Crippen molar-refractivity contribution in [3.8, 4) is 5.75 Å². The Hall–Kier alpha value is -2.74. The molecule has 0 aliphatic carbocycles. The number of nitrogens with one attached hydrogen (secondary N) is 1. The summed E-state index contributed by atoms with van der Waals surface area (Å²) in [6, 6.07) is 7.76. The second-order valence-electron chi connectivity index (χ2n) is 6.06. The molecule has 142 valence electrons. The van der Waals surface area contributed by atoms with Crippen molar-refractivity contribution in [2.75, 3.05) is 6.61 Å². The minimum absolute atomic E-state index is 0.0913. The number of benzene rings is 1. The van der Waals surface area contributed by atoms with E-state index in [1.807, 2.05) is 0 Å². The van der Waals surface area contributed by atoms with Gasteiger partial charge >= 0.3 is 0 Å². The molecule has 0 saturated heterocycles. The molecular formula is C18H17ClF2N4O2. The molecule has 9 heteroatoms. The number of hydrogen-bond donors (Lipinski definition) is 1. The first-order valence-electron chi connectivity index (χ1n) is 8.18. The quantitative estimate of drug-likeness (QED) is 0.690. The van der Waals surface area contributed by atoms with Crippen LogP contribution in [0.2, 0.25) is 5.02 Å². The predicted octanol–water partition coefficient (Wildman–Crippen LogP) is 3.83. The van der Waals surface area contributed by atoms with E-state index in [-0.39, 0.29) is 29.6 Å². The SMILES string of the molecule is Cc1cc(C(F)F)n2ncc(C(=O)NC(C)COc3ccc(Cl)cc3)c2n1. The van der Waals surface area contributed by atoms with Gasteiger partial charge in [0.1, 0.15) is 23.6 Å². The molecule has 6 nitrogen and oxygen atoms in total. The minimum Gasteiger partial charge on any atom is -0.491 e. The number of ether oxygens (including phenoxy) is 1. The third kappa shape index (κ3) is 4.33. The van der Waals surface area contributed by atoms with Gasteiger partial charge < -0.3 is 10.1 Å². The van der Waals surface area contributed by atoms with Crippen molar-refractivity contribution in [3.63, 3.8) is 0 Å². The number of carbonyl (C=O) groups is 1. The van der Waals surface area contributed by atoms with Gasteiger partial charge in [-0.1, -0.05) is 11.6 Å². The number of amides is 1. The van der Waals surface area contributed by atoms with Crippen molar-refractivity contribution in [2.24, 2.45) is 0 Å². The predicted molar refractivity (Wildman–Crippen MR) is 96.6 cm³/mol. The van der Waals surface area contributed by atoms with Crippen LogP contribution in [0.1, 0.15) is 35.1 Å². The molecule has 0 aliphatic rings. The maximum atomic E-state index is 13.2. The van der Waals surface area contributed by atoms with E-state index in [0.717, 1.165) is 4.52 Å². The highest BCUT2D eigenvalue weighted by atomic mass is 35.5. The van der Waals surface area contributed by atoms with E-state index in [1.165, 1.54) is 12.3 Å². The maximum Gasteiger partial charge on any atom is 0.280 e. The fraction of sp³-hybridized carbons (Fsp3) is 0.278. The molecule has 1 aromatic carbocycles. The summed E-state index contributed by atoms with van der Waals surface area (Å²) in [5, 5.41) is 7.23. The summed E-state index contributed by atoms with van der Waals surface area (Å²) in [6.45, 7) is 3.58. The number of alkyl halides is 2. The molecule has 3 aromatic rings. The van der Waals surface area contributed by atoms with Crippen LogP contribution in [0.4, 0.5) is 8.78 Å². The molecule has 0 radical (unpaired) electrons. The average molecular weight is 395 g/mol. The second kappa shape index (κ2) is 7.87. The summed E-state index contributed by atoms with van der Waals surface area (Å²) in [4.78, 5) is 16.7. The van der Waals surface area contributed by atoms with Gasteiger partial charge in [-0.2, -0.15) is 5.10 Å². The average Bonchev–Trinajstić information content (AvgIpc) is 3.04. The van der Waals surface area contributed by atoms with Crippen molar-refractivity contribution in [1.29, 1.82) is 0 Å². The van der Waals surface area contributed by atoms with Crippen molar-refractivity contribution in [1.82, 2.24) is 19.9 Å². The largest absolute Gasteiger partial charge is 0.491 e. The summed E-state index contributed by atoms with van der Waals surface area (Å²) in [6.07, 6.45) is -1.49. The van der Waals surface area contributed by atoms with Crippen molar-refractivity contribution in [2.45, 2.75) is 26.3 Å². The monoisotopic (exact) mass is 394 g/mol. The zero-order valence-corrected chi connectivity index (χ0v) is 15.4. The molecule has 0 bridgehead atoms. The van der Waals surface area contributed by atoms with Crippen LogP contribution in [0.25, 0.3) is 5.65 Å². The lowest BCUT2D eigenvalue weighted by Crippen LogP contribution is -2.36. The Morgan fingerprint density at radius 3 is 2.70 bits per heavy atom. The van der Waals surface area contributed by atoms with Crippen LogP contribution >= 0.6 is 11.6 Å². The third-order valence-electron chi connectivity index (χ3n) is 3.79. The number of aromatic nitrogens is 3. The van der Waals surface area contributed by atoms with E-state index in [9.17, 15) is 13.6 Å². The first kappa shape index (κ1) is 19.0. The Bertz CT molecular complexity index is 960. The van der Waals surface area contributed by atoms with Gasteiger partial charge in [-0.25, -0.2) is 18.3 Å². The van der Waals surface area contributed by atoms with Crippen LogP contribution in [0.5, 0.6) is 5.75 Å². The van der Waals surface area contributed by atoms with Crippen molar-refractivity contribution >= 4 is 23.2 Å². The lowest BCUT2D eigenvalue weighted by molar-refractivity contribution is 0.0928. The Kier molecular flexibility index (Phi) is 5.55. The summed E-state index contributed by atoms with van der Waals surface area (Å²) >= 11 is 5.82. The van der Waals surface area contributed by atoms with E-state index in [1.54, 1.807) is 38.1 Å². The molecule has 0 saturated carbocycles. The number of fused-ring (bicyclic) bond motifs is 1. The van der Waals surface area contributed by atoms with Crippen LogP contribution in [-0.4, -0.2) is 33.2 Å². The lowest BCUT2D eigenvalue weighted by atomic mass is 10.2. The third-order valence-corrected chi connectivity index (χ3v) is 4.04. The standard InChI is InChI=1S/C18H17ClF2N4O2/c1-10-7-15(16(20)21)25-17(23-10)14(8-22-25)18(26)24-11(2)9-27-13-5-3-12(19)4-6-13/h3-8,11,16H,9H2,1-2H3,(H,24,26). The van der Waals surface area contributed by atoms with E-state index in [2.05, 4.69) is 15.4 Å². The van der Waals surface area contributed by atoms with E-state index < -0.39 is 12.3 Å². The molecule has 3 rings (SSSR count). The second-order valence-corrected chi connectivity index (χ2v) is 6.49. The summed E-state index contributed by atoms with van der Waals surface area (Å²) in [5.41, 5.74) is 0.287. The highest BCUT2D eigenvalue weighted by Crippen LogP contribution is 2.21. The number of aryl methyl sites for hydroxylation is 1. The Morgan fingerprint density at radius 2 is 2.04 bits per heavy atom. The highest BCUT2D eigenvalue weighted by molar-refractivity contribution is 6.30. The van der Waals surface area contributed by atoms with Crippen LogP contribution in [-0.2, 0) is 0 Å². The molecule has 2 heterocycles. The van der Waals surface area contributed by atoms with Gasteiger partial charge in [-0.05, 0) is 44.2 Å². The van der Waals surface area contributed by atoms with E-state index in [0.29, 0.717) is 16.5 Å². The molecule has 2 aromatic heterocycles. The van der Waals surface area contributed by atoms with Gasteiger partial charge in [-0.15, -0.1) is 0 Å². The normalized spacial score (nSPS) is 12.4. The minimum atomic E-state index is -2.73. The fourth-order valence-corrected chi connectivity index (χ4v) is 2.65. The number of nitrogens with zero attached hydrogens (tertiary/aromatic N) is 3. The van der Waals surface area contributed by atoms with Crippen LogP contribution in [0.15, 0.2) is 36.5 Å². The smallest absolute Gasteiger partial charge is 0.280 e. The zero-order chi connectivity index (χ0) is 19.6. The summed E-state index contributed by atoms with van der Waals surface area (Å²) in [5.74, 6) is 0.158. The van der Waals surface area contributed by atoms with Gasteiger partial charge in [0, 0.05) is 10.7 Å². The van der Waals surface area contributed by atoms with Crippen molar-refractivity contribution in [3.05, 3.63) is 58.5 Å². The lowest BCUT2D eigenvalue weighted by Gasteiger charge is -2.15. The highest BCUT2D eigenvalue weighted by Gasteiger charge is 2.21.